The highest BCUT2D eigenvalue weighted by Gasteiger charge is 2.05. The molecule has 1 atom stereocenters. The Balaban J connectivity index is 2.74. The second-order valence-electron chi connectivity index (χ2n) is 1.97. The van der Waals surface area contributed by atoms with Crippen LogP contribution in [0.2, 0.25) is 4.34 Å². The summed E-state index contributed by atoms with van der Waals surface area (Å²) < 4.78 is 0.707. The van der Waals surface area contributed by atoms with Crippen LogP contribution in [0.25, 0.3) is 0 Å². The molecule has 1 aromatic heterocycles. The Morgan fingerprint density at radius 1 is 1.80 bits per heavy atom. The highest BCUT2D eigenvalue weighted by Crippen LogP contribution is 2.23. The Kier molecular flexibility index (Phi) is 2.68. The lowest BCUT2D eigenvalue weighted by atomic mass is 10.2. The third kappa shape index (κ3) is 1.70. The number of thiophene rings is 1. The van der Waals surface area contributed by atoms with Gasteiger partial charge in [-0.15, -0.1) is 11.3 Å². The first-order valence-electron chi connectivity index (χ1n) is 2.84. The van der Waals surface area contributed by atoms with Crippen molar-refractivity contribution in [2.24, 2.45) is 5.73 Å². The van der Waals surface area contributed by atoms with Gasteiger partial charge in [-0.3, -0.25) is 0 Å². The normalized spacial score (nSPS) is 13.5. The first-order chi connectivity index (χ1) is 4.74. The molecular weight excluding hydrogens is 170 g/mol. The molecule has 0 unspecified atom stereocenters. The van der Waals surface area contributed by atoms with Crippen LogP contribution in [0, 0.1) is 0 Å². The van der Waals surface area contributed by atoms with E-state index >= 15 is 0 Å². The number of halogens is 1. The lowest BCUT2D eigenvalue weighted by Gasteiger charge is -2.02. The van der Waals surface area contributed by atoms with Gasteiger partial charge in [0.2, 0.25) is 0 Å². The standard InChI is InChI=1S/C6H8ClNOS/c7-6-1-4(3-10-6)5(8)2-9/h1,3,5,9H,2,8H2/t5-/m0/s1. The highest BCUT2D eigenvalue weighted by atomic mass is 35.5. The molecule has 0 bridgehead atoms. The Labute approximate surface area is 68.2 Å². The van der Waals surface area contributed by atoms with E-state index < -0.39 is 0 Å². The Hall–Kier alpha value is -0.0900. The van der Waals surface area contributed by atoms with Crippen molar-refractivity contribution in [1.82, 2.24) is 0 Å². The maximum Gasteiger partial charge on any atom is 0.0931 e. The van der Waals surface area contributed by atoms with E-state index in [4.69, 9.17) is 22.4 Å². The molecule has 56 valence electrons. The molecule has 1 rings (SSSR count). The summed E-state index contributed by atoms with van der Waals surface area (Å²) in [4.78, 5) is 0. The topological polar surface area (TPSA) is 46.2 Å². The number of hydrogen-bond donors (Lipinski definition) is 2. The third-order valence-corrected chi connectivity index (χ3v) is 2.32. The molecule has 0 fully saturated rings. The molecule has 3 N–H and O–H groups in total. The van der Waals surface area contributed by atoms with Crippen LogP contribution in [0.1, 0.15) is 11.6 Å². The van der Waals surface area contributed by atoms with Gasteiger partial charge in [-0.2, -0.15) is 0 Å². The van der Waals surface area contributed by atoms with Gasteiger partial charge >= 0.3 is 0 Å². The van der Waals surface area contributed by atoms with Crippen molar-refractivity contribution in [1.29, 1.82) is 0 Å². The van der Waals surface area contributed by atoms with E-state index in [2.05, 4.69) is 0 Å². The van der Waals surface area contributed by atoms with Crippen LogP contribution in [0.5, 0.6) is 0 Å². The average Bonchev–Trinajstić information content (AvgIpc) is 2.34. The Morgan fingerprint density at radius 2 is 2.50 bits per heavy atom. The molecule has 0 saturated heterocycles. The predicted molar refractivity (Wildman–Crippen MR) is 43.3 cm³/mol. The zero-order chi connectivity index (χ0) is 7.56. The van der Waals surface area contributed by atoms with Crippen LogP contribution in [0.3, 0.4) is 0 Å². The lowest BCUT2D eigenvalue weighted by Crippen LogP contribution is -2.13. The monoisotopic (exact) mass is 177 g/mol. The molecule has 1 aromatic rings. The average molecular weight is 178 g/mol. The van der Waals surface area contributed by atoms with Crippen LogP contribution in [-0.2, 0) is 0 Å². The highest BCUT2D eigenvalue weighted by molar-refractivity contribution is 7.14. The van der Waals surface area contributed by atoms with E-state index in [-0.39, 0.29) is 12.6 Å². The van der Waals surface area contributed by atoms with E-state index in [1.807, 2.05) is 5.38 Å². The van der Waals surface area contributed by atoms with Gasteiger partial charge in [0.15, 0.2) is 0 Å². The van der Waals surface area contributed by atoms with Gasteiger partial charge < -0.3 is 10.8 Å². The molecule has 10 heavy (non-hydrogen) atoms. The summed E-state index contributed by atoms with van der Waals surface area (Å²) in [5.41, 5.74) is 6.41. The van der Waals surface area contributed by atoms with E-state index in [0.29, 0.717) is 4.34 Å². The number of aliphatic hydroxyl groups is 1. The third-order valence-electron chi connectivity index (χ3n) is 1.21. The Morgan fingerprint density at radius 3 is 2.90 bits per heavy atom. The van der Waals surface area contributed by atoms with Crippen molar-refractivity contribution in [2.45, 2.75) is 6.04 Å². The number of aliphatic hydroxyl groups excluding tert-OH is 1. The molecule has 0 spiro atoms. The van der Waals surface area contributed by atoms with Gasteiger partial charge in [-0.05, 0) is 17.0 Å². The maximum atomic E-state index is 8.63. The molecule has 0 aliphatic heterocycles. The van der Waals surface area contributed by atoms with Crippen LogP contribution in [0.15, 0.2) is 11.4 Å². The maximum absolute atomic E-state index is 8.63. The zero-order valence-electron chi connectivity index (χ0n) is 5.25. The molecule has 0 radical (unpaired) electrons. The van der Waals surface area contributed by atoms with Crippen molar-refractivity contribution in [3.63, 3.8) is 0 Å². The van der Waals surface area contributed by atoms with Gasteiger partial charge in [0, 0.05) is 0 Å². The van der Waals surface area contributed by atoms with Crippen molar-refractivity contribution >= 4 is 22.9 Å². The van der Waals surface area contributed by atoms with Crippen LogP contribution in [0.4, 0.5) is 0 Å². The van der Waals surface area contributed by atoms with E-state index in [1.165, 1.54) is 11.3 Å². The van der Waals surface area contributed by atoms with Gasteiger partial charge in [-0.1, -0.05) is 11.6 Å². The molecule has 2 nitrogen and oxygen atoms in total. The summed E-state index contributed by atoms with van der Waals surface area (Å²) in [6.45, 7) is -0.0347. The zero-order valence-corrected chi connectivity index (χ0v) is 6.82. The smallest absolute Gasteiger partial charge is 0.0931 e. The number of rotatable bonds is 2. The van der Waals surface area contributed by atoms with Crippen molar-refractivity contribution in [3.8, 4) is 0 Å². The minimum Gasteiger partial charge on any atom is -0.394 e. The molecule has 0 aliphatic rings. The summed E-state index contributed by atoms with van der Waals surface area (Å²) >= 11 is 7.07. The SMILES string of the molecule is N[C@@H](CO)c1csc(Cl)c1. The van der Waals surface area contributed by atoms with Crippen molar-refractivity contribution in [2.75, 3.05) is 6.61 Å². The molecule has 0 aliphatic carbocycles. The van der Waals surface area contributed by atoms with Gasteiger partial charge in [0.25, 0.3) is 0 Å². The van der Waals surface area contributed by atoms with Gasteiger partial charge in [0.1, 0.15) is 0 Å². The fraction of sp³-hybridized carbons (Fsp3) is 0.333. The summed E-state index contributed by atoms with van der Waals surface area (Å²) in [6.07, 6.45) is 0. The van der Waals surface area contributed by atoms with E-state index in [9.17, 15) is 0 Å². The fourth-order valence-corrected chi connectivity index (χ4v) is 1.58. The number of hydrogen-bond acceptors (Lipinski definition) is 3. The minimum absolute atomic E-state index is 0.0347. The Bertz CT molecular complexity index is 213. The lowest BCUT2D eigenvalue weighted by molar-refractivity contribution is 0.268. The molecule has 1 heterocycles. The second kappa shape index (κ2) is 3.34. The largest absolute Gasteiger partial charge is 0.394 e. The van der Waals surface area contributed by atoms with Crippen LogP contribution >= 0.6 is 22.9 Å². The summed E-state index contributed by atoms with van der Waals surface area (Å²) in [5.74, 6) is 0. The molecule has 0 saturated carbocycles. The molecule has 0 aromatic carbocycles. The first-order valence-corrected chi connectivity index (χ1v) is 4.10. The molecule has 0 amide bonds. The van der Waals surface area contributed by atoms with Gasteiger partial charge in [-0.25, -0.2) is 0 Å². The predicted octanol–water partition coefficient (Wildman–Crippen LogP) is 1.39. The minimum atomic E-state index is -0.288. The van der Waals surface area contributed by atoms with E-state index in [0.717, 1.165) is 5.56 Å². The second-order valence-corrected chi connectivity index (χ2v) is 3.52. The van der Waals surface area contributed by atoms with Crippen molar-refractivity contribution < 1.29 is 5.11 Å². The van der Waals surface area contributed by atoms with Crippen molar-refractivity contribution in [3.05, 3.63) is 21.3 Å². The summed E-state index contributed by atoms with van der Waals surface area (Å²) in [5, 5.41) is 10.5. The summed E-state index contributed by atoms with van der Waals surface area (Å²) in [6, 6.07) is 1.48. The van der Waals surface area contributed by atoms with Crippen LogP contribution in [-0.4, -0.2) is 11.7 Å². The fourth-order valence-electron chi connectivity index (χ4n) is 0.623. The summed E-state index contributed by atoms with van der Waals surface area (Å²) in [7, 11) is 0. The molecule has 4 heteroatoms. The molecular formula is C6H8ClNOS. The van der Waals surface area contributed by atoms with Crippen LogP contribution < -0.4 is 5.73 Å². The quantitative estimate of drug-likeness (QED) is 0.718. The first kappa shape index (κ1) is 8.01. The van der Waals surface area contributed by atoms with E-state index in [1.54, 1.807) is 6.07 Å². The number of nitrogens with two attached hydrogens (primary N) is 1. The van der Waals surface area contributed by atoms with Gasteiger partial charge in [0.05, 0.1) is 17.0 Å².